The number of hydrogen-bond acceptors (Lipinski definition) is 5. The summed E-state index contributed by atoms with van der Waals surface area (Å²) >= 11 is 0. The second kappa shape index (κ2) is 9.52. The lowest BCUT2D eigenvalue weighted by atomic mass is 10.0. The topological polar surface area (TPSA) is 92.8 Å². The summed E-state index contributed by atoms with van der Waals surface area (Å²) in [6.45, 7) is 6.67. The number of rotatable bonds is 7. The number of fused-ring (bicyclic) bond motifs is 1. The van der Waals surface area contributed by atoms with Gasteiger partial charge in [-0.05, 0) is 57.0 Å². The molecule has 174 valence electrons. The summed E-state index contributed by atoms with van der Waals surface area (Å²) in [7, 11) is 0. The number of carbonyl (C=O) groups is 4. The van der Waals surface area contributed by atoms with E-state index in [1.807, 2.05) is 0 Å². The Morgan fingerprint density at radius 3 is 2.18 bits per heavy atom. The maximum absolute atomic E-state index is 14.5. The fourth-order valence-electron chi connectivity index (χ4n) is 3.65. The van der Waals surface area contributed by atoms with Crippen molar-refractivity contribution in [1.82, 2.24) is 10.2 Å². The Labute approximate surface area is 191 Å². The molecule has 1 N–H and O–H groups in total. The molecule has 0 saturated carbocycles. The number of ketones is 1. The summed E-state index contributed by atoms with van der Waals surface area (Å²) in [6, 6.07) is 9.98. The molecule has 0 fully saturated rings. The maximum atomic E-state index is 14.5. The highest BCUT2D eigenvalue weighted by atomic mass is 19.1. The normalized spacial score (nSPS) is 14.2. The zero-order valence-electron chi connectivity index (χ0n) is 19.1. The van der Waals surface area contributed by atoms with E-state index in [2.05, 4.69) is 5.32 Å². The summed E-state index contributed by atoms with van der Waals surface area (Å²) < 4.78 is 19.8. The molecule has 8 heteroatoms. The highest BCUT2D eigenvalue weighted by Crippen LogP contribution is 2.23. The number of nitrogens with zero attached hydrogens (tertiary/aromatic N) is 1. The first-order valence-electron chi connectivity index (χ1n) is 10.8. The zero-order chi connectivity index (χ0) is 24.3. The molecule has 0 saturated heterocycles. The smallest absolute Gasteiger partial charge is 0.407 e. The van der Waals surface area contributed by atoms with E-state index in [0.29, 0.717) is 16.7 Å². The van der Waals surface area contributed by atoms with E-state index in [4.69, 9.17) is 4.74 Å². The van der Waals surface area contributed by atoms with Crippen molar-refractivity contribution in [3.63, 3.8) is 0 Å². The Morgan fingerprint density at radius 1 is 1.06 bits per heavy atom. The SMILES string of the molecule is CCC(=O)c1ccc(C[C@@H](CN2C(=O)c3ccccc3C2=O)NC(=O)OC(C)(C)C)cc1F. The fourth-order valence-corrected chi connectivity index (χ4v) is 3.65. The van der Waals surface area contributed by atoms with Gasteiger partial charge in [0.25, 0.3) is 11.8 Å². The van der Waals surface area contributed by atoms with Crippen LogP contribution in [0.1, 0.15) is 70.8 Å². The molecule has 0 spiro atoms. The molecule has 3 rings (SSSR count). The van der Waals surface area contributed by atoms with E-state index in [0.717, 1.165) is 4.90 Å². The second-order valence-electron chi connectivity index (χ2n) is 8.90. The molecule has 33 heavy (non-hydrogen) atoms. The van der Waals surface area contributed by atoms with Crippen LogP contribution < -0.4 is 5.32 Å². The molecular formula is C25H27FN2O5. The van der Waals surface area contributed by atoms with E-state index >= 15 is 0 Å². The van der Waals surface area contributed by atoms with E-state index in [9.17, 15) is 23.6 Å². The lowest BCUT2D eigenvalue weighted by Crippen LogP contribution is -2.48. The van der Waals surface area contributed by atoms with Gasteiger partial charge in [0, 0.05) is 6.42 Å². The minimum absolute atomic E-state index is 0.00162. The number of imide groups is 1. The van der Waals surface area contributed by atoms with Crippen LogP contribution in [0, 0.1) is 5.82 Å². The molecule has 1 heterocycles. The van der Waals surface area contributed by atoms with Crippen molar-refractivity contribution in [2.45, 2.75) is 52.2 Å². The summed E-state index contributed by atoms with van der Waals surface area (Å²) in [6.07, 6.45) is -0.425. The standard InChI is InChI=1S/C25H27FN2O5/c1-5-21(29)19-11-10-15(13-20(19)26)12-16(27-24(32)33-25(2,3)4)14-28-22(30)17-8-6-7-9-18(17)23(28)31/h6-11,13,16H,5,12,14H2,1-4H3,(H,27,32)/t16-/m0/s1. The van der Waals surface area contributed by atoms with Gasteiger partial charge in [0.15, 0.2) is 5.78 Å². The molecule has 0 aliphatic carbocycles. The molecule has 1 aliphatic heterocycles. The van der Waals surface area contributed by atoms with Gasteiger partial charge in [0.1, 0.15) is 11.4 Å². The molecule has 7 nitrogen and oxygen atoms in total. The van der Waals surface area contributed by atoms with Gasteiger partial charge in [-0.2, -0.15) is 0 Å². The van der Waals surface area contributed by atoms with Crippen LogP contribution in [0.3, 0.4) is 0 Å². The van der Waals surface area contributed by atoms with Gasteiger partial charge in [-0.1, -0.05) is 25.1 Å². The number of Topliss-reactive ketones (excluding diaryl/α,β-unsaturated/α-hetero) is 1. The van der Waals surface area contributed by atoms with Crippen molar-refractivity contribution in [3.8, 4) is 0 Å². The summed E-state index contributed by atoms with van der Waals surface area (Å²) in [4.78, 5) is 50.9. The average molecular weight is 454 g/mol. The maximum Gasteiger partial charge on any atom is 0.407 e. The lowest BCUT2D eigenvalue weighted by molar-refractivity contribution is 0.0468. The van der Waals surface area contributed by atoms with Gasteiger partial charge < -0.3 is 10.1 Å². The van der Waals surface area contributed by atoms with Gasteiger partial charge in [0.05, 0.1) is 29.3 Å². The predicted molar refractivity (Wildman–Crippen MR) is 120 cm³/mol. The van der Waals surface area contributed by atoms with Gasteiger partial charge in [-0.3, -0.25) is 19.3 Å². The Kier molecular flexibility index (Phi) is 6.95. The van der Waals surface area contributed by atoms with Crippen molar-refractivity contribution in [2.24, 2.45) is 0 Å². The summed E-state index contributed by atoms with van der Waals surface area (Å²) in [5.41, 5.74) is 0.341. The van der Waals surface area contributed by atoms with Gasteiger partial charge in [0.2, 0.25) is 0 Å². The molecule has 0 aromatic heterocycles. The minimum atomic E-state index is -0.752. The fraction of sp³-hybridized carbons (Fsp3) is 0.360. The van der Waals surface area contributed by atoms with Crippen LogP contribution in [0.15, 0.2) is 42.5 Å². The van der Waals surface area contributed by atoms with Crippen molar-refractivity contribution in [2.75, 3.05) is 6.54 Å². The van der Waals surface area contributed by atoms with Crippen LogP contribution in [-0.4, -0.2) is 46.8 Å². The number of nitrogens with one attached hydrogen (secondary N) is 1. The summed E-state index contributed by atoms with van der Waals surface area (Å²) in [5, 5.41) is 2.69. The van der Waals surface area contributed by atoms with Crippen LogP contribution in [0.25, 0.3) is 0 Å². The Morgan fingerprint density at radius 2 is 1.67 bits per heavy atom. The van der Waals surface area contributed by atoms with Crippen molar-refractivity contribution >= 4 is 23.7 Å². The van der Waals surface area contributed by atoms with Crippen LogP contribution in [0.2, 0.25) is 0 Å². The van der Waals surface area contributed by atoms with Crippen molar-refractivity contribution < 1.29 is 28.3 Å². The molecule has 2 aromatic carbocycles. The van der Waals surface area contributed by atoms with Gasteiger partial charge in [-0.25, -0.2) is 9.18 Å². The Balaban J connectivity index is 1.84. The number of hydrogen-bond donors (Lipinski definition) is 1. The molecule has 2 aromatic rings. The number of ether oxygens (including phenoxy) is 1. The van der Waals surface area contributed by atoms with Crippen LogP contribution in [0.5, 0.6) is 0 Å². The minimum Gasteiger partial charge on any atom is -0.444 e. The number of amides is 3. The van der Waals surface area contributed by atoms with Crippen LogP contribution in [-0.2, 0) is 11.2 Å². The largest absolute Gasteiger partial charge is 0.444 e. The first kappa shape index (κ1) is 24.1. The highest BCUT2D eigenvalue weighted by molar-refractivity contribution is 6.21. The zero-order valence-corrected chi connectivity index (χ0v) is 19.1. The quantitative estimate of drug-likeness (QED) is 0.501. The third-order valence-corrected chi connectivity index (χ3v) is 5.14. The van der Waals surface area contributed by atoms with E-state index in [1.54, 1.807) is 58.0 Å². The first-order valence-corrected chi connectivity index (χ1v) is 10.8. The van der Waals surface area contributed by atoms with Crippen LogP contribution >= 0.6 is 0 Å². The number of benzene rings is 2. The number of halogens is 1. The number of carbonyl (C=O) groups excluding carboxylic acids is 4. The average Bonchev–Trinajstić information content (AvgIpc) is 2.97. The lowest BCUT2D eigenvalue weighted by Gasteiger charge is -2.26. The third-order valence-electron chi connectivity index (χ3n) is 5.14. The van der Waals surface area contributed by atoms with Gasteiger partial charge in [-0.15, -0.1) is 0 Å². The predicted octanol–water partition coefficient (Wildman–Crippen LogP) is 4.15. The van der Waals surface area contributed by atoms with Gasteiger partial charge >= 0.3 is 6.09 Å². The molecule has 0 unspecified atom stereocenters. The molecule has 1 aliphatic rings. The first-order chi connectivity index (χ1) is 15.5. The Hall–Kier alpha value is -3.55. The molecule has 3 amide bonds. The van der Waals surface area contributed by atoms with Crippen molar-refractivity contribution in [3.05, 3.63) is 70.5 Å². The third kappa shape index (κ3) is 5.63. The molecule has 0 radical (unpaired) electrons. The highest BCUT2D eigenvalue weighted by Gasteiger charge is 2.37. The summed E-state index contributed by atoms with van der Waals surface area (Å²) in [5.74, 6) is -1.88. The molecular weight excluding hydrogens is 427 g/mol. The number of alkyl carbamates (subject to hydrolysis) is 1. The molecule has 1 atom stereocenters. The second-order valence-corrected chi connectivity index (χ2v) is 8.90. The van der Waals surface area contributed by atoms with E-state index in [1.165, 1.54) is 12.1 Å². The van der Waals surface area contributed by atoms with Crippen molar-refractivity contribution in [1.29, 1.82) is 0 Å². The Bertz CT molecular complexity index is 1070. The monoisotopic (exact) mass is 454 g/mol. The van der Waals surface area contributed by atoms with Crippen LogP contribution in [0.4, 0.5) is 9.18 Å². The molecule has 0 bridgehead atoms. The van der Waals surface area contributed by atoms with E-state index < -0.39 is 35.4 Å². The van der Waals surface area contributed by atoms with E-state index in [-0.39, 0.29) is 30.7 Å².